The van der Waals surface area contributed by atoms with Crippen LogP contribution in [0.1, 0.15) is 46.4 Å². The summed E-state index contributed by atoms with van der Waals surface area (Å²) in [6.45, 7) is 1.16. The third-order valence-corrected chi connectivity index (χ3v) is 7.16. The number of urea groups is 1. The first kappa shape index (κ1) is 25.4. The number of carbonyl (C=O) groups excluding carboxylic acids is 2. The Balaban J connectivity index is 1.29. The van der Waals surface area contributed by atoms with E-state index in [1.54, 1.807) is 6.07 Å². The second-order valence-electron chi connectivity index (χ2n) is 9.39. The molecule has 3 aromatic rings. The summed E-state index contributed by atoms with van der Waals surface area (Å²) in [5, 5.41) is 8.67. The van der Waals surface area contributed by atoms with E-state index in [0.717, 1.165) is 47.1 Å². The third kappa shape index (κ3) is 5.55. The number of aromatic nitrogens is 1. The summed E-state index contributed by atoms with van der Waals surface area (Å²) in [6, 6.07) is 7.88. The Bertz CT molecular complexity index is 1330. The number of benzene rings is 2. The van der Waals surface area contributed by atoms with Crippen molar-refractivity contribution in [3.8, 4) is 0 Å². The van der Waals surface area contributed by atoms with Crippen molar-refractivity contribution in [2.45, 2.75) is 50.4 Å². The minimum absolute atomic E-state index is 0.0111. The summed E-state index contributed by atoms with van der Waals surface area (Å²) < 4.78 is 45.0. The standard InChI is InChI=1S/C26H26ClF3N4O3/c27-20-8-6-15(12-19(20)26(28,29)30)33-25(36)32-14-7-9-21-18(11-14)23-17(4-1-5-22(23)34-21)24(35)31-13-16-3-2-10-37-16/h1,4-6,8,12,14,16,34H,2-3,7,9-11,13H2,(H,31,35)(H2,32,33,36). The summed E-state index contributed by atoms with van der Waals surface area (Å²) in [7, 11) is 0. The van der Waals surface area contributed by atoms with Gasteiger partial charge in [0, 0.05) is 47.0 Å². The van der Waals surface area contributed by atoms with Crippen molar-refractivity contribution in [1.82, 2.24) is 15.6 Å². The van der Waals surface area contributed by atoms with Gasteiger partial charge in [-0.15, -0.1) is 0 Å². The number of alkyl halides is 3. The number of H-pyrrole nitrogens is 1. The number of ether oxygens (including phenoxy) is 1. The van der Waals surface area contributed by atoms with E-state index >= 15 is 0 Å². The maximum Gasteiger partial charge on any atom is 0.417 e. The quantitative estimate of drug-likeness (QED) is 0.351. The lowest BCUT2D eigenvalue weighted by Gasteiger charge is -2.24. The molecule has 2 aromatic carbocycles. The molecule has 2 atom stereocenters. The summed E-state index contributed by atoms with van der Waals surface area (Å²) in [4.78, 5) is 29.0. The van der Waals surface area contributed by atoms with Crippen LogP contribution in [0.25, 0.3) is 10.9 Å². The largest absolute Gasteiger partial charge is 0.417 e. The zero-order chi connectivity index (χ0) is 26.2. The number of halogens is 4. The molecular formula is C26H26ClF3N4O3. The molecule has 1 saturated heterocycles. The minimum atomic E-state index is -4.63. The van der Waals surface area contributed by atoms with Crippen LogP contribution in [0.4, 0.5) is 23.7 Å². The number of aromatic amines is 1. The number of hydrogen-bond acceptors (Lipinski definition) is 3. The first-order chi connectivity index (χ1) is 17.7. The number of nitrogens with one attached hydrogen (secondary N) is 4. The van der Waals surface area contributed by atoms with Gasteiger partial charge in [0.05, 0.1) is 16.7 Å². The van der Waals surface area contributed by atoms with Gasteiger partial charge in [-0.1, -0.05) is 17.7 Å². The highest BCUT2D eigenvalue weighted by Crippen LogP contribution is 2.36. The molecule has 3 amide bonds. The van der Waals surface area contributed by atoms with E-state index in [1.165, 1.54) is 6.07 Å². The highest BCUT2D eigenvalue weighted by molar-refractivity contribution is 6.31. The van der Waals surface area contributed by atoms with Crippen LogP contribution in [0, 0.1) is 0 Å². The van der Waals surface area contributed by atoms with Gasteiger partial charge in [-0.2, -0.15) is 13.2 Å². The third-order valence-electron chi connectivity index (χ3n) is 6.83. The number of anilines is 1. The Morgan fingerprint density at radius 1 is 1.16 bits per heavy atom. The Morgan fingerprint density at radius 2 is 2.00 bits per heavy atom. The molecule has 37 heavy (non-hydrogen) atoms. The van der Waals surface area contributed by atoms with E-state index < -0.39 is 22.8 Å². The fourth-order valence-electron chi connectivity index (χ4n) is 5.07. The van der Waals surface area contributed by atoms with Crippen molar-refractivity contribution in [2.24, 2.45) is 0 Å². The lowest BCUT2D eigenvalue weighted by molar-refractivity contribution is -0.137. The van der Waals surface area contributed by atoms with Crippen molar-refractivity contribution >= 4 is 40.1 Å². The molecule has 7 nitrogen and oxygen atoms in total. The van der Waals surface area contributed by atoms with Gasteiger partial charge in [0.15, 0.2) is 0 Å². The molecule has 2 unspecified atom stereocenters. The van der Waals surface area contributed by atoms with Gasteiger partial charge in [-0.05, 0) is 68.0 Å². The van der Waals surface area contributed by atoms with Gasteiger partial charge < -0.3 is 25.7 Å². The number of aryl methyl sites for hydroxylation is 1. The number of carbonyl (C=O) groups is 2. The van der Waals surface area contributed by atoms with Crippen LogP contribution in [0.3, 0.4) is 0 Å². The fraction of sp³-hybridized carbons (Fsp3) is 0.385. The molecule has 2 aliphatic rings. The molecule has 0 spiro atoms. The van der Waals surface area contributed by atoms with Crippen LogP contribution in [0.2, 0.25) is 5.02 Å². The lowest BCUT2D eigenvalue weighted by Crippen LogP contribution is -2.41. The van der Waals surface area contributed by atoms with Crippen LogP contribution in [0.15, 0.2) is 36.4 Å². The van der Waals surface area contributed by atoms with E-state index in [4.69, 9.17) is 16.3 Å². The lowest BCUT2D eigenvalue weighted by atomic mass is 9.90. The molecule has 1 fully saturated rings. The predicted octanol–water partition coefficient (Wildman–Crippen LogP) is 5.43. The summed E-state index contributed by atoms with van der Waals surface area (Å²) in [6.07, 6.45) is -0.907. The van der Waals surface area contributed by atoms with Crippen molar-refractivity contribution in [1.29, 1.82) is 0 Å². The fourth-order valence-corrected chi connectivity index (χ4v) is 5.29. The number of rotatable bonds is 5. The second kappa shape index (κ2) is 10.3. The van der Waals surface area contributed by atoms with Crippen molar-refractivity contribution in [2.75, 3.05) is 18.5 Å². The summed E-state index contributed by atoms with van der Waals surface area (Å²) in [5.41, 5.74) is 2.35. The molecule has 0 radical (unpaired) electrons. The second-order valence-corrected chi connectivity index (χ2v) is 9.79. The molecule has 1 aliphatic heterocycles. The van der Waals surface area contributed by atoms with Gasteiger partial charge in [0.2, 0.25) is 0 Å². The molecule has 2 heterocycles. The van der Waals surface area contributed by atoms with Gasteiger partial charge in [0.1, 0.15) is 0 Å². The molecule has 0 saturated carbocycles. The van der Waals surface area contributed by atoms with Crippen LogP contribution < -0.4 is 16.0 Å². The van der Waals surface area contributed by atoms with E-state index in [0.29, 0.717) is 38.0 Å². The smallest absolute Gasteiger partial charge is 0.376 e. The van der Waals surface area contributed by atoms with Gasteiger partial charge >= 0.3 is 12.2 Å². The normalized spacial score (nSPS) is 19.5. The monoisotopic (exact) mass is 534 g/mol. The Kier molecular flexibility index (Phi) is 7.04. The highest BCUT2D eigenvalue weighted by Gasteiger charge is 2.33. The molecule has 196 valence electrons. The molecule has 0 bridgehead atoms. The molecular weight excluding hydrogens is 509 g/mol. The van der Waals surface area contributed by atoms with Crippen LogP contribution in [0.5, 0.6) is 0 Å². The number of amides is 3. The average Bonchev–Trinajstić information content (AvgIpc) is 3.50. The summed E-state index contributed by atoms with van der Waals surface area (Å²) in [5.74, 6) is -0.182. The summed E-state index contributed by atoms with van der Waals surface area (Å²) >= 11 is 5.66. The van der Waals surface area contributed by atoms with Gasteiger partial charge in [-0.3, -0.25) is 4.79 Å². The Hall–Kier alpha value is -3.24. The van der Waals surface area contributed by atoms with Gasteiger partial charge in [-0.25, -0.2) is 4.79 Å². The number of fused-ring (bicyclic) bond motifs is 3. The molecule has 5 rings (SSSR count). The first-order valence-electron chi connectivity index (χ1n) is 12.2. The predicted molar refractivity (Wildman–Crippen MR) is 134 cm³/mol. The maximum absolute atomic E-state index is 13.1. The maximum atomic E-state index is 13.1. The molecule has 11 heteroatoms. The molecule has 1 aromatic heterocycles. The highest BCUT2D eigenvalue weighted by atomic mass is 35.5. The molecule has 1 aliphatic carbocycles. The minimum Gasteiger partial charge on any atom is -0.376 e. The van der Waals surface area contributed by atoms with Crippen molar-refractivity contribution in [3.05, 3.63) is 63.8 Å². The van der Waals surface area contributed by atoms with Gasteiger partial charge in [0.25, 0.3) is 5.91 Å². The topological polar surface area (TPSA) is 95.3 Å². The molecule has 4 N–H and O–H groups in total. The van der Waals surface area contributed by atoms with Crippen molar-refractivity contribution in [3.63, 3.8) is 0 Å². The van der Waals surface area contributed by atoms with E-state index in [9.17, 15) is 22.8 Å². The zero-order valence-corrected chi connectivity index (χ0v) is 20.6. The number of hydrogen-bond donors (Lipinski definition) is 4. The zero-order valence-electron chi connectivity index (χ0n) is 19.8. The van der Waals surface area contributed by atoms with Crippen molar-refractivity contribution < 1.29 is 27.5 Å². The van der Waals surface area contributed by atoms with E-state index in [1.807, 2.05) is 12.1 Å². The Labute approximate surface area is 216 Å². The van der Waals surface area contributed by atoms with Crippen LogP contribution >= 0.6 is 11.6 Å². The van der Waals surface area contributed by atoms with E-state index in [-0.39, 0.29) is 23.7 Å². The van der Waals surface area contributed by atoms with Crippen LogP contribution in [-0.4, -0.2) is 42.2 Å². The van der Waals surface area contributed by atoms with E-state index in [2.05, 4.69) is 20.9 Å². The van der Waals surface area contributed by atoms with Crippen LogP contribution in [-0.2, 0) is 23.8 Å². The first-order valence-corrected chi connectivity index (χ1v) is 12.5. The average molecular weight is 535 g/mol. The Morgan fingerprint density at radius 3 is 2.76 bits per heavy atom. The SMILES string of the molecule is O=C(Nc1ccc(Cl)c(C(F)(F)F)c1)NC1CCc2[nH]c3cccc(C(=O)NCC4CCCO4)c3c2C1.